The van der Waals surface area contributed by atoms with Gasteiger partial charge in [-0.3, -0.25) is 4.90 Å². The summed E-state index contributed by atoms with van der Waals surface area (Å²) in [5.41, 5.74) is 0. The lowest BCUT2D eigenvalue weighted by Crippen LogP contribution is -2.49. The van der Waals surface area contributed by atoms with Crippen molar-refractivity contribution in [3.63, 3.8) is 0 Å². The zero-order chi connectivity index (χ0) is 10.5. The zero-order valence-electron chi connectivity index (χ0n) is 9.53. The lowest BCUT2D eigenvalue weighted by Gasteiger charge is -2.44. The average molecular weight is 213 g/mol. The summed E-state index contributed by atoms with van der Waals surface area (Å²) in [6, 6.07) is 1.52. The molecule has 3 heteroatoms. The molecule has 1 aliphatic heterocycles. The van der Waals surface area contributed by atoms with E-state index in [0.717, 1.165) is 38.3 Å². The summed E-state index contributed by atoms with van der Waals surface area (Å²) in [4.78, 5) is 2.64. The Bertz CT molecular complexity index is 176. The van der Waals surface area contributed by atoms with Gasteiger partial charge in [-0.2, -0.15) is 0 Å². The maximum Gasteiger partial charge on any atom is 0.0480 e. The SMILES string of the molecule is OCCCN(C1CCC1)C1CCOCC1. The van der Waals surface area contributed by atoms with Gasteiger partial charge in [0.25, 0.3) is 0 Å². The van der Waals surface area contributed by atoms with Crippen molar-refractivity contribution in [3.8, 4) is 0 Å². The highest BCUT2D eigenvalue weighted by atomic mass is 16.5. The molecule has 1 saturated carbocycles. The highest BCUT2D eigenvalue weighted by Crippen LogP contribution is 2.29. The minimum absolute atomic E-state index is 0.326. The van der Waals surface area contributed by atoms with Crippen molar-refractivity contribution >= 4 is 0 Å². The standard InChI is InChI=1S/C12H23NO2/c14-8-2-7-13(11-3-1-4-11)12-5-9-15-10-6-12/h11-12,14H,1-10H2. The summed E-state index contributed by atoms with van der Waals surface area (Å²) >= 11 is 0. The van der Waals surface area contributed by atoms with Gasteiger partial charge in [-0.15, -0.1) is 0 Å². The molecule has 0 spiro atoms. The second kappa shape index (κ2) is 5.83. The Labute approximate surface area is 92.4 Å². The lowest BCUT2D eigenvalue weighted by molar-refractivity contribution is -0.00273. The number of rotatable bonds is 5. The smallest absolute Gasteiger partial charge is 0.0480 e. The van der Waals surface area contributed by atoms with Gasteiger partial charge in [0.05, 0.1) is 0 Å². The van der Waals surface area contributed by atoms with Crippen LogP contribution in [-0.4, -0.2) is 48.5 Å². The predicted molar refractivity (Wildman–Crippen MR) is 59.9 cm³/mol. The molecule has 0 aromatic rings. The molecule has 2 rings (SSSR count). The predicted octanol–water partition coefficient (Wildman–Crippen LogP) is 1.40. The van der Waals surface area contributed by atoms with Crippen LogP contribution in [0.3, 0.4) is 0 Å². The van der Waals surface area contributed by atoms with Crippen LogP contribution in [0.15, 0.2) is 0 Å². The van der Waals surface area contributed by atoms with E-state index in [0.29, 0.717) is 6.61 Å². The van der Waals surface area contributed by atoms with E-state index in [1.807, 2.05) is 0 Å². The number of hydrogen-bond acceptors (Lipinski definition) is 3. The van der Waals surface area contributed by atoms with Gasteiger partial charge in [-0.1, -0.05) is 6.42 Å². The van der Waals surface area contributed by atoms with Crippen molar-refractivity contribution in [2.75, 3.05) is 26.4 Å². The molecule has 0 amide bonds. The molecule has 1 saturated heterocycles. The van der Waals surface area contributed by atoms with Crippen LogP contribution in [0.4, 0.5) is 0 Å². The van der Waals surface area contributed by atoms with Crippen molar-refractivity contribution < 1.29 is 9.84 Å². The monoisotopic (exact) mass is 213 g/mol. The number of aliphatic hydroxyl groups excluding tert-OH is 1. The molecule has 2 fully saturated rings. The molecule has 1 heterocycles. The van der Waals surface area contributed by atoms with Crippen molar-refractivity contribution in [2.24, 2.45) is 0 Å². The largest absolute Gasteiger partial charge is 0.396 e. The number of ether oxygens (including phenoxy) is 1. The van der Waals surface area contributed by atoms with Gasteiger partial charge in [0.2, 0.25) is 0 Å². The summed E-state index contributed by atoms with van der Waals surface area (Å²) < 4.78 is 5.41. The van der Waals surface area contributed by atoms with E-state index in [-0.39, 0.29) is 0 Å². The van der Waals surface area contributed by atoms with E-state index in [1.54, 1.807) is 0 Å². The van der Waals surface area contributed by atoms with E-state index < -0.39 is 0 Å². The summed E-state index contributed by atoms with van der Waals surface area (Å²) in [6.45, 7) is 3.25. The highest BCUT2D eigenvalue weighted by molar-refractivity contribution is 4.85. The summed E-state index contributed by atoms with van der Waals surface area (Å²) in [6.07, 6.45) is 7.41. The first-order valence-electron chi connectivity index (χ1n) is 6.36. The third kappa shape index (κ3) is 2.92. The maximum absolute atomic E-state index is 8.93. The molecule has 1 N–H and O–H groups in total. The second-order valence-corrected chi connectivity index (χ2v) is 4.74. The topological polar surface area (TPSA) is 32.7 Å². The van der Waals surface area contributed by atoms with E-state index in [4.69, 9.17) is 9.84 Å². The first kappa shape index (κ1) is 11.4. The maximum atomic E-state index is 8.93. The van der Waals surface area contributed by atoms with Crippen molar-refractivity contribution in [1.82, 2.24) is 4.90 Å². The van der Waals surface area contributed by atoms with E-state index in [2.05, 4.69) is 4.90 Å². The molecule has 0 unspecified atom stereocenters. The van der Waals surface area contributed by atoms with Crippen LogP contribution in [0.5, 0.6) is 0 Å². The summed E-state index contributed by atoms with van der Waals surface area (Å²) in [7, 11) is 0. The van der Waals surface area contributed by atoms with Crippen LogP contribution < -0.4 is 0 Å². The molecule has 0 atom stereocenters. The van der Waals surface area contributed by atoms with Crippen molar-refractivity contribution in [2.45, 2.75) is 50.6 Å². The summed E-state index contributed by atoms with van der Waals surface area (Å²) in [5, 5.41) is 8.93. The molecule has 3 nitrogen and oxygen atoms in total. The minimum atomic E-state index is 0.326. The molecular formula is C12H23NO2. The second-order valence-electron chi connectivity index (χ2n) is 4.74. The van der Waals surface area contributed by atoms with Gasteiger partial charge in [-0.05, 0) is 32.1 Å². The quantitative estimate of drug-likeness (QED) is 0.749. The average Bonchev–Trinajstić information content (AvgIpc) is 2.22. The fourth-order valence-corrected chi connectivity index (χ4v) is 2.65. The van der Waals surface area contributed by atoms with Crippen LogP contribution >= 0.6 is 0 Å². The molecule has 88 valence electrons. The van der Waals surface area contributed by atoms with Gasteiger partial charge >= 0.3 is 0 Å². The molecule has 15 heavy (non-hydrogen) atoms. The molecule has 0 radical (unpaired) electrons. The highest BCUT2D eigenvalue weighted by Gasteiger charge is 2.30. The van der Waals surface area contributed by atoms with Crippen molar-refractivity contribution in [3.05, 3.63) is 0 Å². The Balaban J connectivity index is 1.84. The third-order valence-corrected chi connectivity index (χ3v) is 3.78. The van der Waals surface area contributed by atoms with Gasteiger partial charge in [-0.25, -0.2) is 0 Å². The molecule has 0 bridgehead atoms. The fourth-order valence-electron chi connectivity index (χ4n) is 2.65. The molecule has 2 aliphatic rings. The van der Waals surface area contributed by atoms with E-state index >= 15 is 0 Å². The van der Waals surface area contributed by atoms with Crippen LogP contribution in [0, 0.1) is 0 Å². The normalized spacial score (nSPS) is 24.4. The Kier molecular flexibility index (Phi) is 4.42. The molecule has 0 aromatic heterocycles. The third-order valence-electron chi connectivity index (χ3n) is 3.78. The van der Waals surface area contributed by atoms with Gasteiger partial charge in [0.15, 0.2) is 0 Å². The molecule has 0 aromatic carbocycles. The number of nitrogens with zero attached hydrogens (tertiary/aromatic N) is 1. The van der Waals surface area contributed by atoms with E-state index in [9.17, 15) is 0 Å². The van der Waals surface area contributed by atoms with Crippen LogP contribution in [0.25, 0.3) is 0 Å². The van der Waals surface area contributed by atoms with Gasteiger partial charge in [0, 0.05) is 38.4 Å². The van der Waals surface area contributed by atoms with Crippen LogP contribution in [0.2, 0.25) is 0 Å². The Morgan fingerprint density at radius 2 is 1.73 bits per heavy atom. The fraction of sp³-hybridized carbons (Fsp3) is 1.00. The van der Waals surface area contributed by atoms with Gasteiger partial charge in [0.1, 0.15) is 0 Å². The van der Waals surface area contributed by atoms with Crippen LogP contribution in [0.1, 0.15) is 38.5 Å². The Hall–Kier alpha value is -0.120. The van der Waals surface area contributed by atoms with Crippen molar-refractivity contribution in [1.29, 1.82) is 0 Å². The number of aliphatic hydroxyl groups is 1. The minimum Gasteiger partial charge on any atom is -0.396 e. The molecule has 1 aliphatic carbocycles. The molecular weight excluding hydrogens is 190 g/mol. The Morgan fingerprint density at radius 1 is 1.07 bits per heavy atom. The number of hydrogen-bond donors (Lipinski definition) is 1. The first-order chi connectivity index (χ1) is 7.42. The van der Waals surface area contributed by atoms with Crippen LogP contribution in [-0.2, 0) is 4.74 Å². The Morgan fingerprint density at radius 3 is 2.27 bits per heavy atom. The lowest BCUT2D eigenvalue weighted by atomic mass is 9.89. The first-order valence-corrected chi connectivity index (χ1v) is 6.36. The van der Waals surface area contributed by atoms with E-state index in [1.165, 1.54) is 32.1 Å². The zero-order valence-corrected chi connectivity index (χ0v) is 9.53. The summed E-state index contributed by atoms with van der Waals surface area (Å²) in [5.74, 6) is 0. The van der Waals surface area contributed by atoms with Gasteiger partial charge < -0.3 is 9.84 Å².